The molecule has 6 heteroatoms. The van der Waals surface area contributed by atoms with Crippen LogP contribution in [-0.2, 0) is 4.79 Å². The number of benzene rings is 3. The van der Waals surface area contributed by atoms with Gasteiger partial charge < -0.3 is 15.2 Å². The largest absolute Gasteiger partial charge is 0.440 e. The lowest BCUT2D eigenvalue weighted by atomic mass is 9.83. The highest BCUT2D eigenvalue weighted by Gasteiger charge is 2.31. The molecule has 0 aliphatic carbocycles. The molecule has 31 heavy (non-hydrogen) atoms. The molecule has 0 saturated heterocycles. The number of nitrogens with two attached hydrogens (primary N) is 1. The Labute approximate surface area is 188 Å². The van der Waals surface area contributed by atoms with E-state index in [2.05, 4.69) is 22.0 Å². The normalized spacial score (nSPS) is 15.2. The zero-order valence-electron chi connectivity index (χ0n) is 16.3. The van der Waals surface area contributed by atoms with Crippen molar-refractivity contribution in [3.8, 4) is 17.6 Å². The number of ether oxygens (including phenoxy) is 2. The van der Waals surface area contributed by atoms with Crippen LogP contribution in [0.2, 0.25) is 0 Å². The van der Waals surface area contributed by atoms with Crippen LogP contribution in [0.5, 0.6) is 11.5 Å². The molecule has 4 rings (SSSR count). The number of carbonyl (C=O) groups excluding carboxylic acids is 1. The van der Waals surface area contributed by atoms with Crippen LogP contribution in [0.4, 0.5) is 0 Å². The van der Waals surface area contributed by atoms with Gasteiger partial charge in [0.15, 0.2) is 0 Å². The van der Waals surface area contributed by atoms with Crippen molar-refractivity contribution in [3.63, 3.8) is 0 Å². The van der Waals surface area contributed by atoms with Gasteiger partial charge in [0.2, 0.25) is 5.88 Å². The van der Waals surface area contributed by atoms with Gasteiger partial charge in [0.1, 0.15) is 23.1 Å². The molecule has 1 aliphatic rings. The van der Waals surface area contributed by atoms with E-state index in [0.29, 0.717) is 17.1 Å². The second-order valence-electron chi connectivity index (χ2n) is 6.84. The van der Waals surface area contributed by atoms with Crippen molar-refractivity contribution < 1.29 is 14.3 Å². The Morgan fingerprint density at radius 2 is 1.90 bits per heavy atom. The summed E-state index contributed by atoms with van der Waals surface area (Å²) in [5.41, 5.74) is 8.93. The summed E-state index contributed by atoms with van der Waals surface area (Å²) in [4.78, 5) is 12.2. The molecule has 1 unspecified atom stereocenters. The molecular formula is C25H17BrN2O3. The van der Waals surface area contributed by atoms with Crippen LogP contribution in [-0.4, -0.2) is 5.97 Å². The zero-order chi connectivity index (χ0) is 21.8. The lowest BCUT2D eigenvalue weighted by molar-refractivity contribution is -0.128. The Kier molecular flexibility index (Phi) is 5.87. The molecule has 3 aromatic rings. The van der Waals surface area contributed by atoms with Crippen LogP contribution in [0, 0.1) is 11.3 Å². The maximum absolute atomic E-state index is 12.2. The van der Waals surface area contributed by atoms with E-state index in [-0.39, 0.29) is 11.8 Å². The molecule has 152 valence electrons. The second-order valence-corrected chi connectivity index (χ2v) is 7.76. The summed E-state index contributed by atoms with van der Waals surface area (Å²) in [5.74, 6) is -0.0905. The summed E-state index contributed by atoms with van der Waals surface area (Å²) < 4.78 is 12.0. The van der Waals surface area contributed by atoms with Gasteiger partial charge in [-0.2, -0.15) is 5.26 Å². The maximum atomic E-state index is 12.2. The van der Waals surface area contributed by atoms with Crippen LogP contribution in [0.3, 0.4) is 0 Å². The standard InChI is InChI=1S/C25H17BrN2O3/c26-18-8-4-7-17(13-18)24-20-11-10-19(14-22(20)31-25(28)21(24)15-27)30-23(29)12-9-16-5-2-1-3-6-16/h1-14,24H,28H2/b12-9+. The molecule has 5 nitrogen and oxygen atoms in total. The smallest absolute Gasteiger partial charge is 0.336 e. The highest BCUT2D eigenvalue weighted by molar-refractivity contribution is 9.10. The van der Waals surface area contributed by atoms with Crippen molar-refractivity contribution in [2.24, 2.45) is 5.73 Å². The van der Waals surface area contributed by atoms with Gasteiger partial charge in [0, 0.05) is 22.2 Å². The molecule has 0 amide bonds. The minimum absolute atomic E-state index is 0.0347. The first-order valence-corrected chi connectivity index (χ1v) is 10.3. The number of carbonyl (C=O) groups is 1. The number of esters is 1. The third-order valence-corrected chi connectivity index (χ3v) is 5.30. The molecule has 2 N–H and O–H groups in total. The topological polar surface area (TPSA) is 85.3 Å². The van der Waals surface area contributed by atoms with Crippen LogP contribution in [0.25, 0.3) is 6.08 Å². The molecule has 3 aromatic carbocycles. The van der Waals surface area contributed by atoms with Gasteiger partial charge in [0.25, 0.3) is 0 Å². The summed E-state index contributed by atoms with van der Waals surface area (Å²) in [6, 6.07) is 24.4. The van der Waals surface area contributed by atoms with Crippen molar-refractivity contribution in [1.82, 2.24) is 0 Å². The van der Waals surface area contributed by atoms with E-state index in [9.17, 15) is 10.1 Å². The Hall–Kier alpha value is -3.82. The molecule has 0 fully saturated rings. The molecule has 1 aliphatic heterocycles. The van der Waals surface area contributed by atoms with Crippen LogP contribution in [0.15, 0.2) is 94.8 Å². The third-order valence-electron chi connectivity index (χ3n) is 4.80. The fraction of sp³-hybridized carbons (Fsp3) is 0.0400. The minimum atomic E-state index is -0.510. The van der Waals surface area contributed by atoms with E-state index < -0.39 is 5.97 Å². The third kappa shape index (κ3) is 4.52. The summed E-state index contributed by atoms with van der Waals surface area (Å²) in [6.07, 6.45) is 3.04. The second kappa shape index (κ2) is 8.90. The highest BCUT2D eigenvalue weighted by atomic mass is 79.9. The van der Waals surface area contributed by atoms with Crippen LogP contribution in [0.1, 0.15) is 22.6 Å². The van der Waals surface area contributed by atoms with E-state index in [4.69, 9.17) is 15.2 Å². The lowest BCUT2D eigenvalue weighted by Gasteiger charge is -2.26. The zero-order valence-corrected chi connectivity index (χ0v) is 17.9. The molecule has 1 atom stereocenters. The van der Waals surface area contributed by atoms with E-state index >= 15 is 0 Å². The first kappa shape index (κ1) is 20.5. The van der Waals surface area contributed by atoms with Gasteiger partial charge >= 0.3 is 5.97 Å². The molecule has 0 saturated carbocycles. The highest BCUT2D eigenvalue weighted by Crippen LogP contribution is 2.43. The summed E-state index contributed by atoms with van der Waals surface area (Å²) >= 11 is 3.47. The van der Waals surface area contributed by atoms with Gasteiger partial charge in [0.05, 0.1) is 5.92 Å². The number of nitriles is 1. The Balaban J connectivity index is 1.62. The predicted molar refractivity (Wildman–Crippen MR) is 121 cm³/mol. The average molecular weight is 473 g/mol. The van der Waals surface area contributed by atoms with Crippen LogP contribution < -0.4 is 15.2 Å². The number of nitrogens with zero attached hydrogens (tertiary/aromatic N) is 1. The van der Waals surface area contributed by atoms with Crippen molar-refractivity contribution >= 4 is 28.0 Å². The van der Waals surface area contributed by atoms with E-state index in [0.717, 1.165) is 21.2 Å². The first-order chi connectivity index (χ1) is 15.0. The summed E-state index contributed by atoms with van der Waals surface area (Å²) in [7, 11) is 0. The average Bonchev–Trinajstić information content (AvgIpc) is 2.77. The van der Waals surface area contributed by atoms with Gasteiger partial charge in [-0.3, -0.25) is 0 Å². The lowest BCUT2D eigenvalue weighted by Crippen LogP contribution is -2.21. The molecule has 0 radical (unpaired) electrons. The molecule has 0 spiro atoms. The minimum Gasteiger partial charge on any atom is -0.440 e. The SMILES string of the molecule is N#CC1=C(N)Oc2cc(OC(=O)/C=C/c3ccccc3)ccc2C1c1cccc(Br)c1. The van der Waals surface area contributed by atoms with Gasteiger partial charge in [-0.1, -0.05) is 64.5 Å². The van der Waals surface area contributed by atoms with Crippen LogP contribution >= 0.6 is 15.9 Å². The van der Waals surface area contributed by atoms with E-state index in [1.54, 1.807) is 24.3 Å². The van der Waals surface area contributed by atoms with Crippen molar-refractivity contribution in [2.45, 2.75) is 5.92 Å². The van der Waals surface area contributed by atoms with Crippen molar-refractivity contribution in [3.05, 3.63) is 111 Å². The molecule has 0 bridgehead atoms. The Morgan fingerprint density at radius 1 is 1.10 bits per heavy atom. The maximum Gasteiger partial charge on any atom is 0.336 e. The Morgan fingerprint density at radius 3 is 2.65 bits per heavy atom. The quantitative estimate of drug-likeness (QED) is 0.316. The van der Waals surface area contributed by atoms with Crippen molar-refractivity contribution in [2.75, 3.05) is 0 Å². The number of hydrogen-bond donors (Lipinski definition) is 1. The first-order valence-electron chi connectivity index (χ1n) is 9.47. The van der Waals surface area contributed by atoms with E-state index in [1.165, 1.54) is 6.08 Å². The van der Waals surface area contributed by atoms with Gasteiger partial charge in [-0.25, -0.2) is 4.79 Å². The number of allylic oxidation sites excluding steroid dienone is 1. The fourth-order valence-corrected chi connectivity index (χ4v) is 3.82. The Bertz CT molecular complexity index is 1240. The number of fused-ring (bicyclic) bond motifs is 1. The summed E-state index contributed by atoms with van der Waals surface area (Å²) in [5, 5.41) is 9.66. The summed E-state index contributed by atoms with van der Waals surface area (Å²) in [6.45, 7) is 0. The van der Waals surface area contributed by atoms with E-state index in [1.807, 2.05) is 54.6 Å². The van der Waals surface area contributed by atoms with Gasteiger partial charge in [-0.05, 0) is 35.4 Å². The number of hydrogen-bond acceptors (Lipinski definition) is 5. The molecule has 0 aromatic heterocycles. The monoisotopic (exact) mass is 472 g/mol. The predicted octanol–water partition coefficient (Wildman–Crippen LogP) is 5.29. The molecular weight excluding hydrogens is 456 g/mol. The molecule has 1 heterocycles. The number of rotatable bonds is 4. The van der Waals surface area contributed by atoms with Crippen molar-refractivity contribution in [1.29, 1.82) is 5.26 Å². The fourth-order valence-electron chi connectivity index (χ4n) is 3.41. The number of halogens is 1. The van der Waals surface area contributed by atoms with Gasteiger partial charge in [-0.15, -0.1) is 0 Å².